The molecule has 0 radical (unpaired) electrons. The first-order valence-corrected chi connectivity index (χ1v) is 10.6. The monoisotopic (exact) mass is 420 g/mol. The van der Waals surface area contributed by atoms with Crippen LogP contribution >= 0.6 is 0 Å². The smallest absolute Gasteiger partial charge is 0.407 e. The molecule has 2 amide bonds. The summed E-state index contributed by atoms with van der Waals surface area (Å²) in [7, 11) is 0. The molecule has 3 N–H and O–H groups in total. The number of alkyl carbamates (subject to hydrolysis) is 1. The average molecular weight is 420 g/mol. The number of amides is 2. The summed E-state index contributed by atoms with van der Waals surface area (Å²) in [6, 6.07) is 16.3. The van der Waals surface area contributed by atoms with Crippen LogP contribution < -0.4 is 10.6 Å². The molecule has 0 aliphatic heterocycles. The SMILES string of the molecule is O=C(CC1(NC(=O)OCC2c3ccccc3-c3ccccc32)CC1)NC1(C(=O)O)CC1. The van der Waals surface area contributed by atoms with E-state index in [1.54, 1.807) is 0 Å². The molecule has 0 spiro atoms. The van der Waals surface area contributed by atoms with Crippen molar-refractivity contribution < 1.29 is 24.2 Å². The predicted molar refractivity (Wildman–Crippen MR) is 113 cm³/mol. The molecular weight excluding hydrogens is 396 g/mol. The molecule has 7 heteroatoms. The van der Waals surface area contributed by atoms with Gasteiger partial charge in [0.1, 0.15) is 12.1 Å². The third kappa shape index (κ3) is 3.65. The Morgan fingerprint density at radius 1 is 0.903 bits per heavy atom. The summed E-state index contributed by atoms with van der Waals surface area (Å²) in [6.07, 6.45) is 1.75. The molecule has 0 unspecified atom stereocenters. The molecule has 2 aromatic rings. The highest BCUT2D eigenvalue weighted by atomic mass is 16.5. The van der Waals surface area contributed by atoms with E-state index < -0.39 is 23.1 Å². The number of rotatable bonds is 7. The number of carboxylic acids is 1. The van der Waals surface area contributed by atoms with Crippen LogP contribution in [-0.4, -0.2) is 40.8 Å². The van der Waals surface area contributed by atoms with Gasteiger partial charge in [0.15, 0.2) is 0 Å². The average Bonchev–Trinajstić information content (AvgIpc) is 3.66. The highest BCUT2D eigenvalue weighted by Crippen LogP contribution is 2.45. The molecule has 0 aromatic heterocycles. The lowest BCUT2D eigenvalue weighted by Gasteiger charge is -2.20. The molecule has 2 aromatic carbocycles. The van der Waals surface area contributed by atoms with Gasteiger partial charge in [-0.05, 0) is 47.9 Å². The molecule has 0 atom stereocenters. The van der Waals surface area contributed by atoms with E-state index in [-0.39, 0.29) is 24.9 Å². The van der Waals surface area contributed by atoms with Crippen LogP contribution in [0.5, 0.6) is 0 Å². The van der Waals surface area contributed by atoms with Crippen molar-refractivity contribution in [1.29, 1.82) is 0 Å². The van der Waals surface area contributed by atoms with Crippen LogP contribution in [0.2, 0.25) is 0 Å². The largest absolute Gasteiger partial charge is 0.480 e. The van der Waals surface area contributed by atoms with Gasteiger partial charge >= 0.3 is 12.1 Å². The van der Waals surface area contributed by atoms with E-state index >= 15 is 0 Å². The van der Waals surface area contributed by atoms with Crippen molar-refractivity contribution in [3.63, 3.8) is 0 Å². The summed E-state index contributed by atoms with van der Waals surface area (Å²) in [5, 5.41) is 14.7. The number of hydrogen-bond acceptors (Lipinski definition) is 4. The van der Waals surface area contributed by atoms with Gasteiger partial charge in [-0.3, -0.25) is 4.79 Å². The summed E-state index contributed by atoms with van der Waals surface area (Å²) in [5.74, 6) is -1.38. The van der Waals surface area contributed by atoms with Gasteiger partial charge in [-0.2, -0.15) is 0 Å². The summed E-state index contributed by atoms with van der Waals surface area (Å²) in [5.41, 5.74) is 2.85. The van der Waals surface area contributed by atoms with Crippen LogP contribution in [-0.2, 0) is 14.3 Å². The van der Waals surface area contributed by atoms with Crippen molar-refractivity contribution in [2.75, 3.05) is 6.61 Å². The minimum atomic E-state index is -1.11. The number of fused-ring (bicyclic) bond motifs is 3. The molecule has 31 heavy (non-hydrogen) atoms. The van der Waals surface area contributed by atoms with Crippen LogP contribution in [0.4, 0.5) is 4.79 Å². The van der Waals surface area contributed by atoms with Gasteiger partial charge in [0.25, 0.3) is 0 Å². The molecule has 3 aliphatic carbocycles. The standard InChI is InChI=1S/C24H24N2O5/c27-20(25-24(11-12-24)21(28)29)13-23(9-10-23)26-22(30)31-14-19-17-7-3-1-5-15(17)16-6-2-4-8-18(16)19/h1-8,19H,9-14H2,(H,25,27)(H,26,30)(H,28,29). The Morgan fingerprint density at radius 2 is 1.48 bits per heavy atom. The number of aliphatic carboxylic acids is 1. The third-order valence-electron chi connectivity index (χ3n) is 6.60. The van der Waals surface area contributed by atoms with Crippen LogP contribution in [0, 0.1) is 0 Å². The van der Waals surface area contributed by atoms with Crippen LogP contribution in [0.3, 0.4) is 0 Å². The number of ether oxygens (including phenoxy) is 1. The maximum atomic E-state index is 12.5. The second-order valence-corrected chi connectivity index (χ2v) is 8.84. The van der Waals surface area contributed by atoms with Crippen LogP contribution in [0.1, 0.15) is 49.1 Å². The summed E-state index contributed by atoms with van der Waals surface area (Å²) in [4.78, 5) is 36.1. The summed E-state index contributed by atoms with van der Waals surface area (Å²) < 4.78 is 5.57. The van der Waals surface area contributed by atoms with Gasteiger partial charge in [0.2, 0.25) is 5.91 Å². The minimum Gasteiger partial charge on any atom is -0.480 e. The lowest BCUT2D eigenvalue weighted by atomic mass is 9.98. The molecule has 0 saturated heterocycles. The van der Waals surface area contributed by atoms with Crippen LogP contribution in [0.25, 0.3) is 11.1 Å². The normalized spacial score (nSPS) is 19.0. The zero-order valence-corrected chi connectivity index (χ0v) is 17.0. The van der Waals surface area contributed by atoms with Gasteiger partial charge in [-0.25, -0.2) is 9.59 Å². The quantitative estimate of drug-likeness (QED) is 0.638. The predicted octanol–water partition coefficient (Wildman–Crippen LogP) is 3.18. The lowest BCUT2D eigenvalue weighted by molar-refractivity contribution is -0.143. The van der Waals surface area contributed by atoms with Crippen molar-refractivity contribution in [3.8, 4) is 11.1 Å². The number of nitrogens with one attached hydrogen (secondary N) is 2. The maximum absolute atomic E-state index is 12.5. The Kier molecular flexibility index (Phi) is 4.50. The fourth-order valence-corrected chi connectivity index (χ4v) is 4.48. The summed E-state index contributed by atoms with van der Waals surface area (Å²) >= 11 is 0. The van der Waals surface area contributed by atoms with Gasteiger partial charge < -0.3 is 20.5 Å². The van der Waals surface area contributed by atoms with Crippen molar-refractivity contribution in [1.82, 2.24) is 10.6 Å². The van der Waals surface area contributed by atoms with Gasteiger partial charge in [0, 0.05) is 12.3 Å². The first-order valence-electron chi connectivity index (χ1n) is 10.6. The lowest BCUT2D eigenvalue weighted by Crippen LogP contribution is -2.47. The van der Waals surface area contributed by atoms with Gasteiger partial charge in [-0.1, -0.05) is 48.5 Å². The Labute approximate surface area is 179 Å². The molecule has 0 bridgehead atoms. The molecule has 160 valence electrons. The first kappa shape index (κ1) is 19.6. The number of carboxylic acid groups (broad SMARTS) is 1. The molecule has 5 rings (SSSR count). The number of carbonyl (C=O) groups excluding carboxylic acids is 2. The van der Waals surface area contributed by atoms with Crippen LogP contribution in [0.15, 0.2) is 48.5 Å². The fourth-order valence-electron chi connectivity index (χ4n) is 4.48. The topological polar surface area (TPSA) is 105 Å². The Morgan fingerprint density at radius 3 is 2.00 bits per heavy atom. The Balaban J connectivity index is 1.19. The van der Waals surface area contributed by atoms with E-state index in [0.29, 0.717) is 25.7 Å². The van der Waals surface area contributed by atoms with E-state index in [0.717, 1.165) is 22.3 Å². The van der Waals surface area contributed by atoms with E-state index in [9.17, 15) is 19.5 Å². The molecule has 3 aliphatic rings. The third-order valence-corrected chi connectivity index (χ3v) is 6.60. The second-order valence-electron chi connectivity index (χ2n) is 8.84. The zero-order valence-electron chi connectivity index (χ0n) is 17.0. The highest BCUT2D eigenvalue weighted by molar-refractivity contribution is 5.90. The Hall–Kier alpha value is -3.35. The van der Waals surface area contributed by atoms with Crippen molar-refractivity contribution in [2.45, 2.75) is 49.1 Å². The minimum absolute atomic E-state index is 0.0260. The molecule has 2 saturated carbocycles. The molecule has 0 heterocycles. The van der Waals surface area contributed by atoms with E-state index in [2.05, 4.69) is 34.9 Å². The Bertz CT molecular complexity index is 1030. The van der Waals surface area contributed by atoms with Gasteiger partial charge in [-0.15, -0.1) is 0 Å². The second kappa shape index (κ2) is 7.11. The first-order chi connectivity index (χ1) is 14.9. The molecular formula is C24H24N2O5. The highest BCUT2D eigenvalue weighted by Gasteiger charge is 2.53. The maximum Gasteiger partial charge on any atom is 0.407 e. The van der Waals surface area contributed by atoms with Crippen molar-refractivity contribution in [2.24, 2.45) is 0 Å². The summed E-state index contributed by atoms with van der Waals surface area (Å²) in [6.45, 7) is 0.213. The van der Waals surface area contributed by atoms with Crippen molar-refractivity contribution in [3.05, 3.63) is 59.7 Å². The number of carbonyl (C=O) groups is 3. The zero-order chi connectivity index (χ0) is 21.6. The van der Waals surface area contributed by atoms with E-state index in [4.69, 9.17) is 4.74 Å². The molecule has 7 nitrogen and oxygen atoms in total. The van der Waals surface area contributed by atoms with Gasteiger partial charge in [0.05, 0.1) is 5.54 Å². The fraction of sp³-hybridized carbons (Fsp3) is 0.375. The molecule has 2 fully saturated rings. The number of hydrogen-bond donors (Lipinski definition) is 3. The van der Waals surface area contributed by atoms with Crippen molar-refractivity contribution >= 4 is 18.0 Å². The number of benzene rings is 2. The van der Waals surface area contributed by atoms with E-state index in [1.165, 1.54) is 0 Å². The van der Waals surface area contributed by atoms with E-state index in [1.807, 2.05) is 24.3 Å².